The molecule has 0 aromatic heterocycles. The van der Waals surface area contributed by atoms with Gasteiger partial charge in [-0.2, -0.15) is 0 Å². The summed E-state index contributed by atoms with van der Waals surface area (Å²) in [4.78, 5) is 26.4. The zero-order chi connectivity index (χ0) is 15.6. The standard InChI is InChI=1S/C16H27NO4/c1-11-5-6-14(18)12(9-11)13-10-20-8-7-17(13)15(19)21-16(2,3)4/h11-13H,5-10H2,1-4H3. The van der Waals surface area contributed by atoms with Gasteiger partial charge in [0, 0.05) is 18.9 Å². The third-order valence-corrected chi connectivity index (χ3v) is 4.21. The number of ether oxygens (including phenoxy) is 2. The molecule has 1 aliphatic heterocycles. The molecule has 3 unspecified atom stereocenters. The maximum absolute atomic E-state index is 12.4. The van der Waals surface area contributed by atoms with Crippen LogP contribution in [-0.4, -0.2) is 48.2 Å². The number of hydrogen-bond acceptors (Lipinski definition) is 4. The van der Waals surface area contributed by atoms with E-state index in [2.05, 4.69) is 6.92 Å². The van der Waals surface area contributed by atoms with Crippen molar-refractivity contribution < 1.29 is 19.1 Å². The molecular formula is C16H27NO4. The van der Waals surface area contributed by atoms with E-state index >= 15 is 0 Å². The summed E-state index contributed by atoms with van der Waals surface area (Å²) in [6.45, 7) is 9.17. The van der Waals surface area contributed by atoms with Gasteiger partial charge in [0.1, 0.15) is 11.4 Å². The first-order valence-electron chi connectivity index (χ1n) is 7.88. The summed E-state index contributed by atoms with van der Waals surface area (Å²) in [5.74, 6) is 0.675. The van der Waals surface area contributed by atoms with Gasteiger partial charge >= 0.3 is 6.09 Å². The zero-order valence-corrected chi connectivity index (χ0v) is 13.6. The highest BCUT2D eigenvalue weighted by Crippen LogP contribution is 2.32. The molecule has 120 valence electrons. The van der Waals surface area contributed by atoms with Crippen LogP contribution in [0.3, 0.4) is 0 Å². The van der Waals surface area contributed by atoms with E-state index in [-0.39, 0.29) is 23.8 Å². The van der Waals surface area contributed by atoms with Gasteiger partial charge < -0.3 is 9.47 Å². The van der Waals surface area contributed by atoms with Gasteiger partial charge in [-0.1, -0.05) is 6.92 Å². The van der Waals surface area contributed by atoms with Crippen molar-refractivity contribution in [3.63, 3.8) is 0 Å². The first kappa shape index (κ1) is 16.3. The predicted molar refractivity (Wildman–Crippen MR) is 79.1 cm³/mol. The van der Waals surface area contributed by atoms with Crippen molar-refractivity contribution in [1.82, 2.24) is 4.90 Å². The van der Waals surface area contributed by atoms with Crippen molar-refractivity contribution in [2.24, 2.45) is 11.8 Å². The monoisotopic (exact) mass is 297 g/mol. The van der Waals surface area contributed by atoms with E-state index in [1.165, 1.54) is 0 Å². The van der Waals surface area contributed by atoms with Crippen LogP contribution >= 0.6 is 0 Å². The molecule has 1 heterocycles. The van der Waals surface area contributed by atoms with Crippen LogP contribution in [0.25, 0.3) is 0 Å². The molecule has 21 heavy (non-hydrogen) atoms. The Bertz CT molecular complexity index is 402. The van der Waals surface area contributed by atoms with Crippen molar-refractivity contribution >= 4 is 11.9 Å². The van der Waals surface area contributed by atoms with Gasteiger partial charge in [-0.05, 0) is 39.5 Å². The van der Waals surface area contributed by atoms with Crippen LogP contribution in [0.1, 0.15) is 47.0 Å². The van der Waals surface area contributed by atoms with Crippen molar-refractivity contribution in [2.45, 2.75) is 58.6 Å². The van der Waals surface area contributed by atoms with Crippen LogP contribution in [0.5, 0.6) is 0 Å². The second-order valence-electron chi connectivity index (χ2n) is 7.27. The fraction of sp³-hybridized carbons (Fsp3) is 0.875. The summed E-state index contributed by atoms with van der Waals surface area (Å²) in [7, 11) is 0. The van der Waals surface area contributed by atoms with E-state index < -0.39 is 5.60 Å². The number of carbonyl (C=O) groups excluding carboxylic acids is 2. The van der Waals surface area contributed by atoms with Gasteiger partial charge in [0.25, 0.3) is 0 Å². The molecule has 1 saturated carbocycles. The number of carbonyl (C=O) groups is 2. The number of hydrogen-bond donors (Lipinski definition) is 0. The zero-order valence-electron chi connectivity index (χ0n) is 13.6. The van der Waals surface area contributed by atoms with Crippen LogP contribution < -0.4 is 0 Å². The molecule has 2 fully saturated rings. The smallest absolute Gasteiger partial charge is 0.410 e. The van der Waals surface area contributed by atoms with Crippen LogP contribution in [0.2, 0.25) is 0 Å². The Balaban J connectivity index is 2.11. The quantitative estimate of drug-likeness (QED) is 0.746. The fourth-order valence-corrected chi connectivity index (χ4v) is 3.13. The van der Waals surface area contributed by atoms with E-state index in [9.17, 15) is 9.59 Å². The summed E-state index contributed by atoms with van der Waals surface area (Å²) >= 11 is 0. The third-order valence-electron chi connectivity index (χ3n) is 4.21. The van der Waals surface area contributed by atoms with Gasteiger partial charge in [-0.25, -0.2) is 4.79 Å². The highest BCUT2D eigenvalue weighted by molar-refractivity contribution is 5.83. The first-order valence-corrected chi connectivity index (χ1v) is 7.88. The van der Waals surface area contributed by atoms with Crippen molar-refractivity contribution in [3.05, 3.63) is 0 Å². The van der Waals surface area contributed by atoms with E-state index in [0.29, 0.717) is 32.1 Å². The van der Waals surface area contributed by atoms with Gasteiger partial charge in [0.05, 0.1) is 19.3 Å². The molecule has 0 aromatic rings. The average Bonchev–Trinajstić information content (AvgIpc) is 2.39. The number of amides is 1. The summed E-state index contributed by atoms with van der Waals surface area (Å²) in [6.07, 6.45) is 2.08. The summed E-state index contributed by atoms with van der Waals surface area (Å²) in [6, 6.07) is -0.177. The lowest BCUT2D eigenvalue weighted by molar-refractivity contribution is -0.131. The van der Waals surface area contributed by atoms with Crippen LogP contribution in [-0.2, 0) is 14.3 Å². The molecule has 5 heteroatoms. The minimum absolute atomic E-state index is 0.110. The number of ketones is 1. The summed E-state index contributed by atoms with van der Waals surface area (Å²) < 4.78 is 11.0. The summed E-state index contributed by atoms with van der Waals surface area (Å²) in [5.41, 5.74) is -0.524. The van der Waals surface area contributed by atoms with Gasteiger partial charge in [0.15, 0.2) is 0 Å². The Morgan fingerprint density at radius 1 is 1.38 bits per heavy atom. The number of rotatable bonds is 1. The van der Waals surface area contributed by atoms with Crippen LogP contribution in [0, 0.1) is 11.8 Å². The topological polar surface area (TPSA) is 55.8 Å². The van der Waals surface area contributed by atoms with Crippen molar-refractivity contribution in [1.29, 1.82) is 0 Å². The molecule has 2 aliphatic rings. The SMILES string of the molecule is CC1CCC(=O)C(C2COCCN2C(=O)OC(C)(C)C)C1. The van der Waals surface area contributed by atoms with Crippen LogP contribution in [0.4, 0.5) is 4.79 Å². The Kier molecular flexibility index (Phi) is 4.91. The molecule has 0 bridgehead atoms. The number of nitrogens with zero attached hydrogens (tertiary/aromatic N) is 1. The lowest BCUT2D eigenvalue weighted by Crippen LogP contribution is -2.55. The van der Waals surface area contributed by atoms with E-state index in [1.54, 1.807) is 4.90 Å². The highest BCUT2D eigenvalue weighted by atomic mass is 16.6. The normalized spacial score (nSPS) is 31.1. The van der Waals surface area contributed by atoms with Gasteiger partial charge in [-0.15, -0.1) is 0 Å². The third kappa shape index (κ3) is 4.19. The molecule has 2 rings (SSSR count). The van der Waals surface area contributed by atoms with E-state index in [4.69, 9.17) is 9.47 Å². The second kappa shape index (κ2) is 6.34. The lowest BCUT2D eigenvalue weighted by atomic mass is 9.77. The predicted octanol–water partition coefficient (Wildman–Crippen LogP) is 2.63. The fourth-order valence-electron chi connectivity index (χ4n) is 3.13. The minimum Gasteiger partial charge on any atom is -0.444 e. The van der Waals surface area contributed by atoms with E-state index in [1.807, 2.05) is 20.8 Å². The molecule has 1 amide bonds. The Morgan fingerprint density at radius 2 is 2.10 bits per heavy atom. The van der Waals surface area contributed by atoms with Gasteiger partial charge in [0.2, 0.25) is 0 Å². The molecule has 0 aromatic carbocycles. The molecule has 3 atom stereocenters. The maximum atomic E-state index is 12.4. The lowest BCUT2D eigenvalue weighted by Gasteiger charge is -2.42. The molecule has 0 radical (unpaired) electrons. The minimum atomic E-state index is -0.524. The average molecular weight is 297 g/mol. The Morgan fingerprint density at radius 3 is 2.76 bits per heavy atom. The van der Waals surface area contributed by atoms with E-state index in [0.717, 1.165) is 12.8 Å². The highest BCUT2D eigenvalue weighted by Gasteiger charge is 2.41. The largest absolute Gasteiger partial charge is 0.444 e. The summed E-state index contributed by atoms with van der Waals surface area (Å²) in [5, 5.41) is 0. The van der Waals surface area contributed by atoms with Gasteiger partial charge in [-0.3, -0.25) is 9.69 Å². The molecule has 0 N–H and O–H groups in total. The molecular weight excluding hydrogens is 270 g/mol. The second-order valence-corrected chi connectivity index (χ2v) is 7.27. The molecule has 5 nitrogen and oxygen atoms in total. The molecule has 0 spiro atoms. The number of morpholine rings is 1. The molecule has 1 saturated heterocycles. The van der Waals surface area contributed by atoms with Crippen molar-refractivity contribution in [3.8, 4) is 0 Å². The van der Waals surface area contributed by atoms with Crippen LogP contribution in [0.15, 0.2) is 0 Å². The Hall–Kier alpha value is -1.10. The first-order chi connectivity index (χ1) is 9.78. The maximum Gasteiger partial charge on any atom is 0.410 e. The molecule has 1 aliphatic carbocycles. The number of Topliss-reactive ketones (excluding diaryl/α,β-unsaturated/α-hetero) is 1. The Labute approximate surface area is 127 Å². The van der Waals surface area contributed by atoms with Crippen molar-refractivity contribution in [2.75, 3.05) is 19.8 Å².